The van der Waals surface area contributed by atoms with Crippen LogP contribution in [0.4, 0.5) is 14.5 Å². The smallest absolute Gasteiger partial charge is 0.295 e. The number of anilines is 1. The topological polar surface area (TPSA) is 98.2 Å². The Hall–Kier alpha value is -2.75. The number of hydrogen-bond donors (Lipinski definition) is 1. The highest BCUT2D eigenvalue weighted by molar-refractivity contribution is 7.92. The van der Waals surface area contributed by atoms with E-state index in [0.717, 1.165) is 31.0 Å². The van der Waals surface area contributed by atoms with Crippen LogP contribution in [-0.2, 0) is 10.0 Å². The first-order valence-corrected chi connectivity index (χ1v) is 8.82. The maximum absolute atomic E-state index is 13.2. The van der Waals surface area contributed by atoms with Crippen LogP contribution in [0.2, 0.25) is 0 Å². The van der Waals surface area contributed by atoms with Crippen LogP contribution in [0.15, 0.2) is 44.3 Å². The third-order valence-corrected chi connectivity index (χ3v) is 4.85. The van der Waals surface area contributed by atoms with E-state index in [-0.39, 0.29) is 23.3 Å². The van der Waals surface area contributed by atoms with Crippen LogP contribution < -0.4 is 4.72 Å². The molecule has 0 aliphatic heterocycles. The fraction of sp³-hybridized carbons (Fsp3) is 0.200. The average Bonchev–Trinajstić information content (AvgIpc) is 3.10. The minimum atomic E-state index is -4.12. The molecule has 0 atom stereocenters. The van der Waals surface area contributed by atoms with Crippen LogP contribution in [0, 0.1) is 11.6 Å². The number of hydrogen-bond acceptors (Lipinski definition) is 6. The van der Waals surface area contributed by atoms with Crippen molar-refractivity contribution in [1.82, 2.24) is 10.2 Å². The molecule has 1 aliphatic rings. The molecule has 1 aromatic carbocycles. The number of furan rings is 1. The third-order valence-electron chi connectivity index (χ3n) is 3.60. The Morgan fingerprint density at radius 1 is 1.04 bits per heavy atom. The lowest BCUT2D eigenvalue weighted by Crippen LogP contribution is -2.12. The summed E-state index contributed by atoms with van der Waals surface area (Å²) in [6.07, 6.45) is 1.97. The van der Waals surface area contributed by atoms with E-state index in [9.17, 15) is 17.2 Å². The van der Waals surface area contributed by atoms with E-state index in [1.807, 2.05) is 0 Å². The molecule has 0 bridgehead atoms. The summed E-state index contributed by atoms with van der Waals surface area (Å²) in [6, 6.07) is 5.23. The third kappa shape index (κ3) is 3.12. The van der Waals surface area contributed by atoms with Gasteiger partial charge in [0.2, 0.25) is 11.0 Å². The zero-order chi connectivity index (χ0) is 17.6. The summed E-state index contributed by atoms with van der Waals surface area (Å²) in [6.45, 7) is 0. The van der Waals surface area contributed by atoms with Gasteiger partial charge in [0.05, 0.1) is 5.69 Å². The molecule has 1 N–H and O–H groups in total. The van der Waals surface area contributed by atoms with Crippen molar-refractivity contribution < 1.29 is 26.0 Å². The number of benzene rings is 1. The molecule has 10 heteroatoms. The Morgan fingerprint density at radius 3 is 2.56 bits per heavy atom. The van der Waals surface area contributed by atoms with Crippen molar-refractivity contribution in [3.8, 4) is 11.7 Å². The molecule has 1 fully saturated rings. The Labute approximate surface area is 140 Å². The molecule has 1 saturated carbocycles. The lowest BCUT2D eigenvalue weighted by atomic mass is 10.3. The van der Waals surface area contributed by atoms with Gasteiger partial charge in [-0.1, -0.05) is 0 Å². The van der Waals surface area contributed by atoms with Gasteiger partial charge in [-0.2, -0.15) is 8.42 Å². The molecular formula is C15H11F2N3O4S. The normalized spacial score (nSPS) is 14.6. The summed E-state index contributed by atoms with van der Waals surface area (Å²) >= 11 is 0. The number of halogens is 2. The second-order valence-corrected chi connectivity index (χ2v) is 7.19. The molecule has 2 aromatic heterocycles. The largest absolute Gasteiger partial charge is 0.438 e. The molecule has 0 spiro atoms. The minimum Gasteiger partial charge on any atom is -0.438 e. The van der Waals surface area contributed by atoms with Crippen molar-refractivity contribution in [2.75, 3.05) is 4.72 Å². The van der Waals surface area contributed by atoms with E-state index in [0.29, 0.717) is 5.89 Å². The second kappa shape index (κ2) is 5.66. The van der Waals surface area contributed by atoms with E-state index < -0.39 is 26.8 Å². The van der Waals surface area contributed by atoms with E-state index in [1.54, 1.807) is 0 Å². The zero-order valence-electron chi connectivity index (χ0n) is 12.6. The highest BCUT2D eigenvalue weighted by Gasteiger charge is 2.30. The van der Waals surface area contributed by atoms with Gasteiger partial charge in [-0.3, -0.25) is 4.72 Å². The predicted molar refractivity (Wildman–Crippen MR) is 81.1 cm³/mol. The predicted octanol–water partition coefficient (Wildman–Crippen LogP) is 3.29. The summed E-state index contributed by atoms with van der Waals surface area (Å²) in [5.41, 5.74) is -0.134. The molecule has 0 amide bonds. The molecule has 0 saturated heterocycles. The number of rotatable bonds is 5. The lowest BCUT2D eigenvalue weighted by Gasteiger charge is -2.05. The van der Waals surface area contributed by atoms with Gasteiger partial charge in [0.15, 0.2) is 17.4 Å². The molecule has 7 nitrogen and oxygen atoms in total. The first-order valence-electron chi connectivity index (χ1n) is 7.34. The fourth-order valence-electron chi connectivity index (χ4n) is 2.17. The van der Waals surface area contributed by atoms with Crippen LogP contribution in [0.1, 0.15) is 24.7 Å². The maximum Gasteiger partial charge on any atom is 0.295 e. The van der Waals surface area contributed by atoms with Crippen molar-refractivity contribution >= 4 is 15.7 Å². The van der Waals surface area contributed by atoms with Crippen LogP contribution in [-0.4, -0.2) is 18.6 Å². The lowest BCUT2D eigenvalue weighted by molar-refractivity contribution is 0.435. The summed E-state index contributed by atoms with van der Waals surface area (Å²) in [4.78, 5) is 0. The zero-order valence-corrected chi connectivity index (χ0v) is 13.4. The van der Waals surface area contributed by atoms with Crippen molar-refractivity contribution in [3.05, 3.63) is 47.9 Å². The van der Waals surface area contributed by atoms with Crippen LogP contribution in [0.3, 0.4) is 0 Å². The summed E-state index contributed by atoms with van der Waals surface area (Å²) < 4.78 is 63.5. The molecule has 2 heterocycles. The molecule has 130 valence electrons. The number of nitrogens with one attached hydrogen (secondary N) is 1. The highest BCUT2D eigenvalue weighted by atomic mass is 32.2. The van der Waals surface area contributed by atoms with Crippen molar-refractivity contribution in [2.24, 2.45) is 0 Å². The molecule has 3 aromatic rings. The number of sulfonamides is 1. The van der Waals surface area contributed by atoms with Crippen LogP contribution in [0.5, 0.6) is 0 Å². The Morgan fingerprint density at radius 2 is 1.84 bits per heavy atom. The van der Waals surface area contributed by atoms with Gasteiger partial charge in [0, 0.05) is 12.0 Å². The van der Waals surface area contributed by atoms with Gasteiger partial charge in [-0.25, -0.2) is 8.78 Å². The van der Waals surface area contributed by atoms with Crippen LogP contribution in [0.25, 0.3) is 11.7 Å². The van der Waals surface area contributed by atoms with Crippen molar-refractivity contribution in [1.29, 1.82) is 0 Å². The van der Waals surface area contributed by atoms with Crippen molar-refractivity contribution in [2.45, 2.75) is 23.9 Å². The molecule has 0 radical (unpaired) electrons. The van der Waals surface area contributed by atoms with E-state index in [4.69, 9.17) is 8.83 Å². The van der Waals surface area contributed by atoms with E-state index in [2.05, 4.69) is 14.9 Å². The quantitative estimate of drug-likeness (QED) is 0.743. The van der Waals surface area contributed by atoms with Gasteiger partial charge >= 0.3 is 0 Å². The average molecular weight is 367 g/mol. The van der Waals surface area contributed by atoms with Gasteiger partial charge in [0.25, 0.3) is 15.9 Å². The van der Waals surface area contributed by atoms with Gasteiger partial charge in [-0.15, -0.1) is 10.2 Å². The Balaban J connectivity index is 1.57. The van der Waals surface area contributed by atoms with E-state index in [1.165, 1.54) is 12.1 Å². The molecule has 4 rings (SSSR count). The maximum atomic E-state index is 13.2. The standard InChI is InChI=1S/C15H11F2N3O4S/c16-10-4-3-9(7-11(10)17)20-25(21,22)13-6-5-12(23-13)15-19-18-14(24-15)8-1-2-8/h3-8,20H,1-2H2. The number of nitrogens with zero attached hydrogens (tertiary/aromatic N) is 2. The molecular weight excluding hydrogens is 356 g/mol. The first kappa shape index (κ1) is 15.8. The second-order valence-electron chi connectivity index (χ2n) is 5.57. The van der Waals surface area contributed by atoms with Gasteiger partial charge in [-0.05, 0) is 37.1 Å². The van der Waals surface area contributed by atoms with E-state index >= 15 is 0 Å². The molecule has 25 heavy (non-hydrogen) atoms. The SMILES string of the molecule is O=S(=O)(Nc1ccc(F)c(F)c1)c1ccc(-c2nnc(C3CC3)o2)o1. The first-order chi connectivity index (χ1) is 11.9. The highest BCUT2D eigenvalue weighted by Crippen LogP contribution is 2.40. The van der Waals surface area contributed by atoms with Gasteiger partial charge in [0.1, 0.15) is 0 Å². The summed E-state index contributed by atoms with van der Waals surface area (Å²) in [7, 11) is -4.12. The van der Waals surface area contributed by atoms with Crippen LogP contribution >= 0.6 is 0 Å². The Kier molecular flexibility index (Phi) is 3.57. The molecule has 0 unspecified atom stereocenters. The van der Waals surface area contributed by atoms with Gasteiger partial charge < -0.3 is 8.83 Å². The molecule has 1 aliphatic carbocycles. The summed E-state index contributed by atoms with van der Waals surface area (Å²) in [5.74, 6) is -1.31. The van der Waals surface area contributed by atoms with Crippen molar-refractivity contribution in [3.63, 3.8) is 0 Å². The summed E-state index contributed by atoms with van der Waals surface area (Å²) in [5, 5.41) is 7.31. The monoisotopic (exact) mass is 367 g/mol. The Bertz CT molecular complexity index is 1040. The minimum absolute atomic E-state index is 0.0798. The number of aromatic nitrogens is 2. The fourth-order valence-corrected chi connectivity index (χ4v) is 3.16.